The molecule has 0 aromatic heterocycles. The quantitative estimate of drug-likeness (QED) is 0.603. The third kappa shape index (κ3) is 2.06. The van der Waals surface area contributed by atoms with E-state index in [1.165, 1.54) is 12.1 Å². The number of aromatic hydroxyl groups is 1. The highest BCUT2D eigenvalue weighted by Crippen LogP contribution is 2.25. The fraction of sp³-hybridized carbons (Fsp3) is 0.0909. The van der Waals surface area contributed by atoms with Crippen molar-refractivity contribution in [1.29, 1.82) is 0 Å². The number of phenols is 1. The highest BCUT2D eigenvalue weighted by molar-refractivity contribution is 6.30. The largest absolute Gasteiger partial charge is 0.507 e. The Morgan fingerprint density at radius 3 is 2.88 bits per heavy atom. The van der Waals surface area contributed by atoms with Gasteiger partial charge in [0.15, 0.2) is 11.6 Å². The number of ether oxygens (including phenoxy) is 1. The molecule has 0 spiro atoms. The number of rotatable bonds is 1. The summed E-state index contributed by atoms with van der Waals surface area (Å²) in [5.74, 6) is -0.209. The number of halogens is 1. The van der Waals surface area contributed by atoms with Gasteiger partial charge in [-0.15, -0.1) is 0 Å². The number of carbonyl (C=O) groups excluding carboxylic acids is 1. The van der Waals surface area contributed by atoms with Crippen molar-refractivity contribution in [2.75, 3.05) is 0 Å². The van der Waals surface area contributed by atoms with Gasteiger partial charge in [-0.2, -0.15) is 0 Å². The van der Waals surface area contributed by atoms with E-state index in [9.17, 15) is 9.90 Å². The van der Waals surface area contributed by atoms with E-state index in [1.54, 1.807) is 19.1 Å². The first-order valence-electron chi connectivity index (χ1n) is 4.54. The second-order valence-electron chi connectivity index (χ2n) is 3.25. The predicted octanol–water partition coefficient (Wildman–Crippen LogP) is 2.36. The number of carbonyl (C=O) groups is 1. The number of cyclic esters (lactones) is 1. The van der Waals surface area contributed by atoms with E-state index in [4.69, 9.17) is 16.3 Å². The molecule has 0 radical (unpaired) electrons. The first-order chi connectivity index (χ1) is 7.56. The van der Waals surface area contributed by atoms with E-state index in [0.29, 0.717) is 10.6 Å². The highest BCUT2D eigenvalue weighted by Gasteiger charge is 2.20. The SMILES string of the molecule is CC1=N/C(=C\c2cc(Cl)ccc2O)C(=O)O1. The molecule has 5 heteroatoms. The Balaban J connectivity index is 2.43. The van der Waals surface area contributed by atoms with Crippen molar-refractivity contribution < 1.29 is 14.6 Å². The summed E-state index contributed by atoms with van der Waals surface area (Å²) in [6.07, 6.45) is 1.43. The monoisotopic (exact) mass is 237 g/mol. The number of aliphatic imine (C=N–C) groups is 1. The molecule has 1 aliphatic heterocycles. The Kier molecular flexibility index (Phi) is 2.66. The zero-order valence-corrected chi connectivity index (χ0v) is 9.15. The Hall–Kier alpha value is -1.81. The van der Waals surface area contributed by atoms with E-state index in [-0.39, 0.29) is 17.3 Å². The summed E-state index contributed by atoms with van der Waals surface area (Å²) in [6, 6.07) is 4.55. The Morgan fingerprint density at radius 2 is 2.25 bits per heavy atom. The molecule has 1 N–H and O–H groups in total. The maximum atomic E-state index is 11.3. The molecule has 0 aliphatic carbocycles. The van der Waals surface area contributed by atoms with E-state index in [1.807, 2.05) is 0 Å². The summed E-state index contributed by atoms with van der Waals surface area (Å²) < 4.78 is 4.74. The number of nitrogens with zero attached hydrogens (tertiary/aromatic N) is 1. The molecule has 0 unspecified atom stereocenters. The average Bonchev–Trinajstić information content (AvgIpc) is 2.51. The summed E-state index contributed by atoms with van der Waals surface area (Å²) in [4.78, 5) is 15.2. The molecule has 0 amide bonds. The topological polar surface area (TPSA) is 58.9 Å². The van der Waals surface area contributed by atoms with Gasteiger partial charge in [0.05, 0.1) is 0 Å². The van der Waals surface area contributed by atoms with Crippen molar-refractivity contribution in [3.8, 4) is 5.75 Å². The van der Waals surface area contributed by atoms with E-state index >= 15 is 0 Å². The summed E-state index contributed by atoms with van der Waals surface area (Å²) in [5.41, 5.74) is 0.577. The van der Waals surface area contributed by atoms with Gasteiger partial charge in [0.1, 0.15) is 5.75 Å². The molecule has 1 aromatic carbocycles. The lowest BCUT2D eigenvalue weighted by Gasteiger charge is -1.99. The molecule has 1 aliphatic rings. The lowest BCUT2D eigenvalue weighted by molar-refractivity contribution is -0.130. The molecular formula is C11H8ClNO3. The molecule has 0 saturated carbocycles. The van der Waals surface area contributed by atoms with Crippen LogP contribution in [0.4, 0.5) is 0 Å². The van der Waals surface area contributed by atoms with E-state index in [0.717, 1.165) is 0 Å². The molecule has 16 heavy (non-hydrogen) atoms. The number of benzene rings is 1. The molecule has 1 heterocycles. The van der Waals surface area contributed by atoms with Crippen LogP contribution < -0.4 is 0 Å². The highest BCUT2D eigenvalue weighted by atomic mass is 35.5. The van der Waals surface area contributed by atoms with Crippen molar-refractivity contribution in [3.63, 3.8) is 0 Å². The smallest absolute Gasteiger partial charge is 0.363 e. The second kappa shape index (κ2) is 3.98. The van der Waals surface area contributed by atoms with Gasteiger partial charge in [-0.25, -0.2) is 9.79 Å². The van der Waals surface area contributed by atoms with Crippen molar-refractivity contribution in [3.05, 3.63) is 34.5 Å². The molecule has 82 valence electrons. The summed E-state index contributed by atoms with van der Waals surface area (Å²) in [7, 11) is 0. The molecular weight excluding hydrogens is 230 g/mol. The van der Waals surface area contributed by atoms with Gasteiger partial charge in [0.25, 0.3) is 0 Å². The number of hydrogen-bond acceptors (Lipinski definition) is 4. The zero-order chi connectivity index (χ0) is 11.7. The Bertz CT molecular complexity index is 520. The molecule has 0 fully saturated rings. The Morgan fingerprint density at radius 1 is 1.50 bits per heavy atom. The van der Waals surface area contributed by atoms with Gasteiger partial charge < -0.3 is 9.84 Å². The second-order valence-corrected chi connectivity index (χ2v) is 3.69. The zero-order valence-electron chi connectivity index (χ0n) is 8.40. The van der Waals surface area contributed by atoms with Crippen molar-refractivity contribution in [1.82, 2.24) is 0 Å². The minimum Gasteiger partial charge on any atom is -0.507 e. The van der Waals surface area contributed by atoms with Crippen molar-refractivity contribution in [2.24, 2.45) is 4.99 Å². The van der Waals surface area contributed by atoms with Crippen LogP contribution in [0.2, 0.25) is 5.02 Å². The third-order valence-electron chi connectivity index (χ3n) is 2.01. The number of esters is 1. The summed E-state index contributed by atoms with van der Waals surface area (Å²) >= 11 is 5.77. The van der Waals surface area contributed by atoms with Crippen LogP contribution in [0.5, 0.6) is 5.75 Å². The molecule has 2 rings (SSSR count). The molecule has 1 aromatic rings. The van der Waals surface area contributed by atoms with Crippen molar-refractivity contribution in [2.45, 2.75) is 6.92 Å². The van der Waals surface area contributed by atoms with Crippen molar-refractivity contribution >= 4 is 29.5 Å². The minimum absolute atomic E-state index is 0.0319. The van der Waals surface area contributed by atoms with Crippen LogP contribution in [0.1, 0.15) is 12.5 Å². The maximum absolute atomic E-state index is 11.3. The fourth-order valence-corrected chi connectivity index (χ4v) is 1.48. The lowest BCUT2D eigenvalue weighted by Crippen LogP contribution is -1.99. The first kappa shape index (κ1) is 10.7. The normalized spacial score (nSPS) is 17.5. The van der Waals surface area contributed by atoms with Gasteiger partial charge in [-0.05, 0) is 24.3 Å². The molecule has 4 nitrogen and oxygen atoms in total. The van der Waals surface area contributed by atoms with Gasteiger partial charge >= 0.3 is 5.97 Å². The van der Waals surface area contributed by atoms with Crippen LogP contribution in [0.25, 0.3) is 6.08 Å². The Labute approximate surface area is 96.8 Å². The molecule has 0 bridgehead atoms. The molecule has 0 atom stereocenters. The fourth-order valence-electron chi connectivity index (χ4n) is 1.30. The average molecular weight is 238 g/mol. The standard InChI is InChI=1S/C11H8ClNO3/c1-6-13-9(11(15)16-6)5-7-4-8(12)2-3-10(7)14/h2-5,14H,1H3/b9-5-. The molecule has 0 saturated heterocycles. The van der Waals surface area contributed by atoms with Crippen LogP contribution in [-0.4, -0.2) is 17.0 Å². The maximum Gasteiger partial charge on any atom is 0.363 e. The van der Waals surface area contributed by atoms with Gasteiger partial charge in [0, 0.05) is 17.5 Å². The van der Waals surface area contributed by atoms with Gasteiger partial charge in [0.2, 0.25) is 0 Å². The predicted molar refractivity (Wildman–Crippen MR) is 60.3 cm³/mol. The summed E-state index contributed by atoms with van der Waals surface area (Å²) in [6.45, 7) is 1.58. The third-order valence-corrected chi connectivity index (χ3v) is 2.24. The number of phenolic OH excluding ortho intramolecular Hbond substituents is 1. The van der Waals surface area contributed by atoms with Crippen LogP contribution in [0.3, 0.4) is 0 Å². The van der Waals surface area contributed by atoms with Crippen LogP contribution in [0.15, 0.2) is 28.9 Å². The van der Waals surface area contributed by atoms with Crippen LogP contribution in [0, 0.1) is 0 Å². The van der Waals surface area contributed by atoms with Gasteiger partial charge in [-0.1, -0.05) is 11.6 Å². The first-order valence-corrected chi connectivity index (χ1v) is 4.92. The number of hydrogen-bond donors (Lipinski definition) is 1. The van der Waals surface area contributed by atoms with E-state index < -0.39 is 5.97 Å². The lowest BCUT2D eigenvalue weighted by atomic mass is 10.1. The van der Waals surface area contributed by atoms with Gasteiger partial charge in [-0.3, -0.25) is 0 Å². The summed E-state index contributed by atoms with van der Waals surface area (Å²) in [5, 5.41) is 10.0. The van der Waals surface area contributed by atoms with Crippen LogP contribution in [-0.2, 0) is 9.53 Å². The van der Waals surface area contributed by atoms with E-state index in [2.05, 4.69) is 4.99 Å². The minimum atomic E-state index is -0.531. The van der Waals surface area contributed by atoms with Crippen LogP contribution >= 0.6 is 11.6 Å².